The standard InChI is InChI=1S/C9H10BrNO2.C7H8O3S/c10-7-3-1-6(2-4-7)8(5-11)9(12)13;1-6-2-4-7(5-3-6)11(8,9)10/h1-4,8H,5,11H2,(H,12,13);2-5H,1H3,(H,8,9,10). The fourth-order valence-corrected chi connectivity index (χ4v) is 2.53. The summed E-state index contributed by atoms with van der Waals surface area (Å²) in [6.07, 6.45) is 0. The molecule has 0 aromatic heterocycles. The third kappa shape index (κ3) is 6.40. The van der Waals surface area contributed by atoms with E-state index in [1.54, 1.807) is 36.4 Å². The summed E-state index contributed by atoms with van der Waals surface area (Å²) >= 11 is 3.27. The minimum atomic E-state index is -4.02. The van der Waals surface area contributed by atoms with E-state index in [4.69, 9.17) is 15.4 Å². The molecule has 8 heteroatoms. The second-order valence-corrected chi connectivity index (χ2v) is 7.30. The zero-order valence-corrected chi connectivity index (χ0v) is 15.3. The first kappa shape index (κ1) is 20.3. The van der Waals surface area contributed by atoms with Gasteiger partial charge >= 0.3 is 5.97 Å². The second kappa shape index (κ2) is 8.93. The number of nitrogens with two attached hydrogens (primary N) is 1. The highest BCUT2D eigenvalue weighted by Gasteiger charge is 2.17. The van der Waals surface area contributed by atoms with Gasteiger partial charge in [-0.05, 0) is 36.8 Å². The van der Waals surface area contributed by atoms with Gasteiger partial charge in [0.2, 0.25) is 0 Å². The molecule has 0 heterocycles. The molecule has 4 N–H and O–H groups in total. The molecule has 0 aliphatic rings. The summed E-state index contributed by atoms with van der Waals surface area (Å²) in [5.74, 6) is -1.49. The van der Waals surface area contributed by atoms with Crippen molar-refractivity contribution in [1.82, 2.24) is 0 Å². The van der Waals surface area contributed by atoms with Crippen molar-refractivity contribution in [2.45, 2.75) is 17.7 Å². The summed E-state index contributed by atoms with van der Waals surface area (Å²) in [4.78, 5) is 10.7. The number of halogens is 1. The fourth-order valence-electron chi connectivity index (χ4n) is 1.78. The lowest BCUT2D eigenvalue weighted by Crippen LogP contribution is -2.20. The summed E-state index contributed by atoms with van der Waals surface area (Å²) in [5.41, 5.74) is 7.04. The van der Waals surface area contributed by atoms with Gasteiger partial charge in [-0.15, -0.1) is 0 Å². The van der Waals surface area contributed by atoms with E-state index in [9.17, 15) is 13.2 Å². The van der Waals surface area contributed by atoms with Crippen molar-refractivity contribution in [3.63, 3.8) is 0 Å². The molecular formula is C16H18BrNO5S. The van der Waals surface area contributed by atoms with Crippen LogP contribution in [0.4, 0.5) is 0 Å². The average Bonchev–Trinajstić information content (AvgIpc) is 2.50. The van der Waals surface area contributed by atoms with Crippen LogP contribution in [0.2, 0.25) is 0 Å². The molecule has 0 aliphatic carbocycles. The zero-order valence-electron chi connectivity index (χ0n) is 12.9. The van der Waals surface area contributed by atoms with Crippen LogP contribution in [0.1, 0.15) is 17.0 Å². The Labute approximate surface area is 149 Å². The molecule has 2 aromatic rings. The van der Waals surface area contributed by atoms with Gasteiger partial charge in [0.15, 0.2) is 0 Å². The SMILES string of the molecule is Cc1ccc(S(=O)(=O)O)cc1.NCC(C(=O)O)c1ccc(Br)cc1. The van der Waals surface area contributed by atoms with Gasteiger partial charge in [-0.25, -0.2) is 0 Å². The first-order valence-electron chi connectivity index (χ1n) is 6.87. The summed E-state index contributed by atoms with van der Waals surface area (Å²) in [7, 11) is -4.02. The van der Waals surface area contributed by atoms with Crippen LogP contribution in [0.25, 0.3) is 0 Å². The lowest BCUT2D eigenvalue weighted by molar-refractivity contribution is -0.138. The van der Waals surface area contributed by atoms with Gasteiger partial charge in [0.05, 0.1) is 10.8 Å². The van der Waals surface area contributed by atoms with Crippen molar-refractivity contribution >= 4 is 32.0 Å². The summed E-state index contributed by atoms with van der Waals surface area (Å²) in [5, 5.41) is 8.80. The molecular weight excluding hydrogens is 398 g/mol. The van der Waals surface area contributed by atoms with Gasteiger partial charge in [0.1, 0.15) is 0 Å². The highest BCUT2D eigenvalue weighted by molar-refractivity contribution is 9.10. The molecule has 6 nitrogen and oxygen atoms in total. The summed E-state index contributed by atoms with van der Waals surface area (Å²) < 4.78 is 30.5. The van der Waals surface area contributed by atoms with Crippen LogP contribution < -0.4 is 5.73 Å². The van der Waals surface area contributed by atoms with Crippen LogP contribution in [-0.2, 0) is 14.9 Å². The predicted molar refractivity (Wildman–Crippen MR) is 94.6 cm³/mol. The number of rotatable bonds is 4. The molecule has 24 heavy (non-hydrogen) atoms. The molecule has 130 valence electrons. The number of hydrogen-bond acceptors (Lipinski definition) is 4. The molecule has 0 saturated heterocycles. The third-order valence-electron chi connectivity index (χ3n) is 3.13. The number of carboxylic acids is 1. The molecule has 0 amide bonds. The maximum Gasteiger partial charge on any atom is 0.312 e. The van der Waals surface area contributed by atoms with Crippen LogP contribution in [0.3, 0.4) is 0 Å². The van der Waals surface area contributed by atoms with Crippen molar-refractivity contribution in [1.29, 1.82) is 0 Å². The largest absolute Gasteiger partial charge is 0.481 e. The first-order chi connectivity index (χ1) is 11.1. The monoisotopic (exact) mass is 415 g/mol. The second-order valence-electron chi connectivity index (χ2n) is 4.97. The highest BCUT2D eigenvalue weighted by atomic mass is 79.9. The number of carbonyl (C=O) groups is 1. The van der Waals surface area contributed by atoms with Gasteiger partial charge in [-0.3, -0.25) is 9.35 Å². The van der Waals surface area contributed by atoms with E-state index in [1.807, 2.05) is 6.92 Å². The lowest BCUT2D eigenvalue weighted by atomic mass is 10.00. The Kier molecular flexibility index (Phi) is 7.56. The zero-order chi connectivity index (χ0) is 18.3. The van der Waals surface area contributed by atoms with E-state index in [-0.39, 0.29) is 11.4 Å². The summed E-state index contributed by atoms with van der Waals surface area (Å²) in [6, 6.07) is 13.1. The Hall–Kier alpha value is -1.74. The van der Waals surface area contributed by atoms with E-state index in [1.165, 1.54) is 12.1 Å². The van der Waals surface area contributed by atoms with E-state index in [0.717, 1.165) is 15.6 Å². The molecule has 0 fully saturated rings. The topological polar surface area (TPSA) is 118 Å². The maximum absolute atomic E-state index is 10.7. The Morgan fingerprint density at radius 3 is 2.00 bits per heavy atom. The molecule has 1 atom stereocenters. The van der Waals surface area contributed by atoms with Crippen molar-refractivity contribution < 1.29 is 22.9 Å². The Bertz CT molecular complexity index is 773. The van der Waals surface area contributed by atoms with Crippen LogP contribution in [0.15, 0.2) is 57.9 Å². The molecule has 0 radical (unpaired) electrons. The van der Waals surface area contributed by atoms with Gasteiger partial charge in [-0.2, -0.15) is 8.42 Å². The molecule has 0 bridgehead atoms. The van der Waals surface area contributed by atoms with Crippen molar-refractivity contribution in [3.05, 3.63) is 64.1 Å². The quantitative estimate of drug-likeness (QED) is 0.660. The summed E-state index contributed by atoms with van der Waals surface area (Å²) in [6.45, 7) is 1.96. The molecule has 0 aliphatic heterocycles. The van der Waals surface area contributed by atoms with Gasteiger partial charge in [0.25, 0.3) is 10.1 Å². The number of benzene rings is 2. The normalized spacial score (nSPS) is 12.0. The van der Waals surface area contributed by atoms with E-state index < -0.39 is 22.0 Å². The maximum atomic E-state index is 10.7. The number of hydrogen-bond donors (Lipinski definition) is 3. The Morgan fingerprint density at radius 2 is 1.62 bits per heavy atom. The van der Waals surface area contributed by atoms with Crippen LogP contribution in [0, 0.1) is 6.92 Å². The molecule has 2 aromatic carbocycles. The lowest BCUT2D eigenvalue weighted by Gasteiger charge is -2.09. The highest BCUT2D eigenvalue weighted by Crippen LogP contribution is 2.18. The van der Waals surface area contributed by atoms with Crippen LogP contribution >= 0.6 is 15.9 Å². The van der Waals surface area contributed by atoms with Crippen molar-refractivity contribution in [3.8, 4) is 0 Å². The minimum absolute atomic E-state index is 0.0666. The van der Waals surface area contributed by atoms with Crippen LogP contribution in [-0.4, -0.2) is 30.6 Å². The fraction of sp³-hybridized carbons (Fsp3) is 0.188. The predicted octanol–water partition coefficient (Wildman–Crippen LogP) is 2.82. The average molecular weight is 416 g/mol. The number of aryl methyl sites for hydroxylation is 1. The minimum Gasteiger partial charge on any atom is -0.481 e. The van der Waals surface area contributed by atoms with Crippen LogP contribution in [0.5, 0.6) is 0 Å². The van der Waals surface area contributed by atoms with Crippen molar-refractivity contribution in [2.24, 2.45) is 5.73 Å². The molecule has 0 spiro atoms. The first-order valence-corrected chi connectivity index (χ1v) is 9.11. The molecule has 2 rings (SSSR count). The van der Waals surface area contributed by atoms with Crippen molar-refractivity contribution in [2.75, 3.05) is 6.54 Å². The number of aliphatic carboxylic acids is 1. The van der Waals surface area contributed by atoms with Gasteiger partial charge < -0.3 is 10.8 Å². The third-order valence-corrected chi connectivity index (χ3v) is 4.52. The van der Waals surface area contributed by atoms with E-state index in [2.05, 4.69) is 15.9 Å². The van der Waals surface area contributed by atoms with E-state index in [0.29, 0.717) is 0 Å². The Balaban J connectivity index is 0.000000243. The number of carboxylic acid groups (broad SMARTS) is 1. The van der Waals surface area contributed by atoms with E-state index >= 15 is 0 Å². The molecule has 1 unspecified atom stereocenters. The smallest absolute Gasteiger partial charge is 0.312 e. The van der Waals surface area contributed by atoms with Gasteiger partial charge in [0, 0.05) is 11.0 Å². The Morgan fingerprint density at radius 1 is 1.12 bits per heavy atom. The molecule has 0 saturated carbocycles. The van der Waals surface area contributed by atoms with Gasteiger partial charge in [-0.1, -0.05) is 45.8 Å².